The number of benzene rings is 2. The van der Waals surface area contributed by atoms with Crippen LogP contribution >= 0.6 is 11.6 Å². The fourth-order valence-electron chi connectivity index (χ4n) is 2.83. The lowest BCUT2D eigenvalue weighted by atomic mass is 10.1. The van der Waals surface area contributed by atoms with Gasteiger partial charge in [-0.15, -0.1) is 0 Å². The van der Waals surface area contributed by atoms with E-state index in [2.05, 4.69) is 5.32 Å². The molecule has 0 spiro atoms. The smallest absolute Gasteiger partial charge is 0.257 e. The summed E-state index contributed by atoms with van der Waals surface area (Å²) in [7, 11) is 0. The number of amides is 2. The van der Waals surface area contributed by atoms with Crippen molar-refractivity contribution in [3.8, 4) is 0 Å². The van der Waals surface area contributed by atoms with Gasteiger partial charge in [0.15, 0.2) is 0 Å². The van der Waals surface area contributed by atoms with Crippen molar-refractivity contribution in [2.75, 3.05) is 11.9 Å². The van der Waals surface area contributed by atoms with E-state index in [0.717, 1.165) is 0 Å². The van der Waals surface area contributed by atoms with E-state index < -0.39 is 17.8 Å². The summed E-state index contributed by atoms with van der Waals surface area (Å²) in [6, 6.07) is 11.9. The highest BCUT2D eigenvalue weighted by Gasteiger charge is 2.35. The van der Waals surface area contributed by atoms with Crippen molar-refractivity contribution in [2.24, 2.45) is 0 Å². The first kappa shape index (κ1) is 16.5. The van der Waals surface area contributed by atoms with Gasteiger partial charge < -0.3 is 10.2 Å². The second kappa shape index (κ2) is 7.01. The third-order valence-electron chi connectivity index (χ3n) is 4.03. The molecule has 0 saturated carbocycles. The van der Waals surface area contributed by atoms with Crippen LogP contribution in [0, 0.1) is 5.82 Å². The molecule has 1 heterocycles. The Morgan fingerprint density at radius 2 is 1.83 bits per heavy atom. The number of carbonyl (C=O) groups is 2. The highest BCUT2D eigenvalue weighted by molar-refractivity contribution is 6.30. The summed E-state index contributed by atoms with van der Waals surface area (Å²) in [4.78, 5) is 26.5. The molecule has 0 radical (unpaired) electrons. The molecular weight excluding hydrogens is 331 g/mol. The topological polar surface area (TPSA) is 49.4 Å². The first-order valence-electron chi connectivity index (χ1n) is 7.68. The molecular formula is C18H16ClFN2O2. The highest BCUT2D eigenvalue weighted by Crippen LogP contribution is 2.23. The van der Waals surface area contributed by atoms with Gasteiger partial charge in [0.05, 0.1) is 5.56 Å². The van der Waals surface area contributed by atoms with Crippen LogP contribution < -0.4 is 5.32 Å². The van der Waals surface area contributed by atoms with E-state index in [0.29, 0.717) is 30.1 Å². The van der Waals surface area contributed by atoms with Crippen LogP contribution in [0.15, 0.2) is 48.5 Å². The molecule has 0 aromatic heterocycles. The van der Waals surface area contributed by atoms with Gasteiger partial charge in [-0.05, 0) is 49.2 Å². The molecule has 2 amide bonds. The van der Waals surface area contributed by atoms with E-state index >= 15 is 0 Å². The predicted molar refractivity (Wildman–Crippen MR) is 90.5 cm³/mol. The first-order valence-corrected chi connectivity index (χ1v) is 8.06. The lowest BCUT2D eigenvalue weighted by molar-refractivity contribution is -0.119. The number of anilines is 1. The van der Waals surface area contributed by atoms with E-state index in [1.165, 1.54) is 23.1 Å². The number of carbonyl (C=O) groups excluding carboxylic acids is 2. The minimum Gasteiger partial charge on any atom is -0.327 e. The molecule has 3 rings (SSSR count). The molecule has 1 fully saturated rings. The molecule has 4 nitrogen and oxygen atoms in total. The fraction of sp³-hybridized carbons (Fsp3) is 0.222. The Morgan fingerprint density at radius 1 is 1.12 bits per heavy atom. The Balaban J connectivity index is 1.75. The summed E-state index contributed by atoms with van der Waals surface area (Å²) in [5.74, 6) is -1.31. The van der Waals surface area contributed by atoms with Crippen LogP contribution in [0.4, 0.5) is 10.1 Å². The van der Waals surface area contributed by atoms with Crippen LogP contribution in [-0.2, 0) is 4.79 Å². The lowest BCUT2D eigenvalue weighted by Crippen LogP contribution is -2.43. The van der Waals surface area contributed by atoms with Gasteiger partial charge in [-0.2, -0.15) is 0 Å². The zero-order valence-corrected chi connectivity index (χ0v) is 13.6. The van der Waals surface area contributed by atoms with E-state index in [-0.39, 0.29) is 11.5 Å². The number of rotatable bonds is 3. The third-order valence-corrected chi connectivity index (χ3v) is 4.28. The molecule has 1 N–H and O–H groups in total. The zero-order valence-electron chi connectivity index (χ0n) is 12.8. The Morgan fingerprint density at radius 3 is 2.54 bits per heavy atom. The molecule has 0 unspecified atom stereocenters. The van der Waals surface area contributed by atoms with Crippen LogP contribution in [0.1, 0.15) is 23.2 Å². The van der Waals surface area contributed by atoms with Crippen LogP contribution in [0.2, 0.25) is 5.02 Å². The summed E-state index contributed by atoms with van der Waals surface area (Å²) in [5.41, 5.74) is 0.596. The largest absolute Gasteiger partial charge is 0.327 e. The zero-order chi connectivity index (χ0) is 17.1. The molecule has 1 saturated heterocycles. The average Bonchev–Trinajstić information content (AvgIpc) is 3.06. The maximum atomic E-state index is 13.8. The third kappa shape index (κ3) is 3.41. The number of likely N-dealkylation sites (tertiary alicyclic amines) is 1. The van der Waals surface area contributed by atoms with Crippen LogP contribution in [-0.4, -0.2) is 29.3 Å². The number of hydrogen-bond donors (Lipinski definition) is 1. The van der Waals surface area contributed by atoms with E-state index in [1.807, 2.05) is 0 Å². The Hall–Kier alpha value is -2.40. The second-order valence-corrected chi connectivity index (χ2v) is 6.07. The van der Waals surface area contributed by atoms with Gasteiger partial charge in [0, 0.05) is 17.3 Å². The van der Waals surface area contributed by atoms with Crippen molar-refractivity contribution >= 4 is 29.1 Å². The fourth-order valence-corrected chi connectivity index (χ4v) is 2.96. The van der Waals surface area contributed by atoms with Gasteiger partial charge in [0.25, 0.3) is 5.91 Å². The number of nitrogens with one attached hydrogen (secondary N) is 1. The Kier molecular flexibility index (Phi) is 4.81. The summed E-state index contributed by atoms with van der Waals surface area (Å²) in [5, 5.41) is 3.35. The molecule has 1 aliphatic heterocycles. The predicted octanol–water partition coefficient (Wildman–Crippen LogP) is 3.72. The van der Waals surface area contributed by atoms with E-state index in [4.69, 9.17) is 11.6 Å². The average molecular weight is 347 g/mol. The van der Waals surface area contributed by atoms with Gasteiger partial charge in [-0.1, -0.05) is 23.7 Å². The van der Waals surface area contributed by atoms with Crippen molar-refractivity contribution in [2.45, 2.75) is 18.9 Å². The maximum absolute atomic E-state index is 13.8. The van der Waals surface area contributed by atoms with Gasteiger partial charge in [-0.25, -0.2) is 4.39 Å². The van der Waals surface area contributed by atoms with E-state index in [1.54, 1.807) is 30.3 Å². The van der Waals surface area contributed by atoms with Crippen molar-refractivity contribution in [3.05, 3.63) is 64.9 Å². The summed E-state index contributed by atoms with van der Waals surface area (Å²) in [6.45, 7) is 0.436. The number of halogens is 2. The van der Waals surface area contributed by atoms with Gasteiger partial charge in [0.2, 0.25) is 5.91 Å². The molecule has 2 aromatic carbocycles. The van der Waals surface area contributed by atoms with Crippen molar-refractivity contribution in [1.29, 1.82) is 0 Å². The normalized spacial score (nSPS) is 16.9. The molecule has 24 heavy (non-hydrogen) atoms. The summed E-state index contributed by atoms with van der Waals surface area (Å²) >= 11 is 5.82. The second-order valence-electron chi connectivity index (χ2n) is 5.63. The summed E-state index contributed by atoms with van der Waals surface area (Å²) in [6.07, 6.45) is 1.26. The minimum atomic E-state index is -0.604. The molecule has 2 aromatic rings. The quantitative estimate of drug-likeness (QED) is 0.920. The Bertz CT molecular complexity index is 764. The maximum Gasteiger partial charge on any atom is 0.257 e. The van der Waals surface area contributed by atoms with Crippen molar-refractivity contribution in [1.82, 2.24) is 4.90 Å². The number of hydrogen-bond acceptors (Lipinski definition) is 2. The molecule has 1 atom stereocenters. The lowest BCUT2D eigenvalue weighted by Gasteiger charge is -2.24. The van der Waals surface area contributed by atoms with Gasteiger partial charge >= 0.3 is 0 Å². The SMILES string of the molecule is O=C(Nc1ccc(Cl)cc1)[C@@H]1CCCN1C(=O)c1ccccc1F. The molecule has 124 valence electrons. The van der Waals surface area contributed by atoms with Crippen molar-refractivity contribution < 1.29 is 14.0 Å². The molecule has 6 heteroatoms. The van der Waals surface area contributed by atoms with Crippen molar-refractivity contribution in [3.63, 3.8) is 0 Å². The minimum absolute atomic E-state index is 0.0105. The van der Waals surface area contributed by atoms with Gasteiger partial charge in [-0.3, -0.25) is 9.59 Å². The van der Waals surface area contributed by atoms with Crippen LogP contribution in [0.3, 0.4) is 0 Å². The van der Waals surface area contributed by atoms with Crippen LogP contribution in [0.5, 0.6) is 0 Å². The Labute approximate surface area is 144 Å². The summed E-state index contributed by atoms with van der Waals surface area (Å²) < 4.78 is 13.8. The first-order chi connectivity index (χ1) is 11.6. The van der Waals surface area contributed by atoms with E-state index in [9.17, 15) is 14.0 Å². The standard InChI is InChI=1S/C18H16ClFN2O2/c19-12-7-9-13(10-8-12)21-17(23)16-6-3-11-22(16)18(24)14-4-1-2-5-15(14)20/h1-2,4-5,7-10,16H,3,6,11H2,(H,21,23)/t16-/m0/s1. The number of nitrogens with zero attached hydrogens (tertiary/aromatic N) is 1. The highest BCUT2D eigenvalue weighted by atomic mass is 35.5. The molecule has 0 aliphatic carbocycles. The monoisotopic (exact) mass is 346 g/mol. The van der Waals surface area contributed by atoms with Crippen LogP contribution in [0.25, 0.3) is 0 Å². The van der Waals surface area contributed by atoms with Gasteiger partial charge in [0.1, 0.15) is 11.9 Å². The molecule has 0 bridgehead atoms. The molecule has 1 aliphatic rings.